The average Bonchev–Trinajstić information content (AvgIpc) is 3.85. The van der Waals surface area contributed by atoms with Gasteiger partial charge in [-0.25, -0.2) is 4.79 Å². The van der Waals surface area contributed by atoms with E-state index in [1.54, 1.807) is 18.2 Å². The number of amides is 2. The molecule has 1 aliphatic carbocycles. The summed E-state index contributed by atoms with van der Waals surface area (Å²) in [6, 6.07) is 20.3. The van der Waals surface area contributed by atoms with E-state index in [0.29, 0.717) is 43.1 Å². The third-order valence-electron chi connectivity index (χ3n) is 9.63. The highest BCUT2D eigenvalue weighted by molar-refractivity contribution is 6.01. The second-order valence-corrected chi connectivity index (χ2v) is 14.4. The van der Waals surface area contributed by atoms with E-state index < -0.39 is 11.7 Å². The van der Waals surface area contributed by atoms with Gasteiger partial charge in [-0.05, 0) is 99.9 Å². The van der Waals surface area contributed by atoms with Crippen molar-refractivity contribution in [2.24, 2.45) is 5.92 Å². The molecule has 3 heterocycles. The van der Waals surface area contributed by atoms with Crippen LogP contribution in [0.4, 0.5) is 16.2 Å². The molecule has 3 aliphatic rings. The van der Waals surface area contributed by atoms with Crippen molar-refractivity contribution in [2.45, 2.75) is 64.0 Å². The minimum absolute atomic E-state index is 0.000315. The molecule has 11 nitrogen and oxygen atoms in total. The minimum Gasteiger partial charge on any atom is -0.482 e. The number of hydrogen-bond donors (Lipinski definition) is 1. The van der Waals surface area contributed by atoms with Gasteiger partial charge in [0.05, 0.1) is 23.3 Å². The van der Waals surface area contributed by atoms with Crippen molar-refractivity contribution in [2.75, 3.05) is 49.8 Å². The quantitative estimate of drug-likeness (QED) is 0.210. The van der Waals surface area contributed by atoms with Crippen molar-refractivity contribution in [1.82, 2.24) is 15.1 Å². The Morgan fingerprint density at radius 1 is 1.04 bits per heavy atom. The smallest absolute Gasteiger partial charge is 0.435 e. The number of carbonyl (C=O) groups excluding carboxylic acids is 3. The van der Waals surface area contributed by atoms with Gasteiger partial charge in [0.25, 0.3) is 5.91 Å². The number of anilines is 2. The molecular weight excluding hydrogens is 634 g/mol. The molecule has 0 bridgehead atoms. The molecule has 2 aliphatic heterocycles. The molecule has 7 rings (SSSR count). The molecular formula is C39H45N5O6. The average molecular weight is 680 g/mol. The zero-order valence-corrected chi connectivity index (χ0v) is 29.2. The Morgan fingerprint density at radius 2 is 1.86 bits per heavy atom. The lowest BCUT2D eigenvalue weighted by molar-refractivity contribution is -0.123. The number of carbonyl (C=O) groups is 3. The molecule has 0 radical (unpaired) electrons. The molecule has 1 saturated carbocycles. The van der Waals surface area contributed by atoms with Gasteiger partial charge in [0.15, 0.2) is 6.61 Å². The van der Waals surface area contributed by atoms with E-state index in [-0.39, 0.29) is 36.3 Å². The van der Waals surface area contributed by atoms with Crippen molar-refractivity contribution in [3.63, 3.8) is 0 Å². The van der Waals surface area contributed by atoms with Crippen LogP contribution in [0.15, 0.2) is 66.9 Å². The Morgan fingerprint density at radius 3 is 2.64 bits per heavy atom. The summed E-state index contributed by atoms with van der Waals surface area (Å²) < 4.78 is 17.9. The molecule has 1 saturated heterocycles. The van der Waals surface area contributed by atoms with Gasteiger partial charge in [-0.1, -0.05) is 36.4 Å². The molecule has 11 heteroatoms. The van der Waals surface area contributed by atoms with Gasteiger partial charge in [0.2, 0.25) is 5.91 Å². The van der Waals surface area contributed by atoms with Gasteiger partial charge < -0.3 is 29.3 Å². The molecule has 3 aromatic carbocycles. The summed E-state index contributed by atoms with van der Waals surface area (Å²) in [6.45, 7) is 7.96. The van der Waals surface area contributed by atoms with E-state index in [0.717, 1.165) is 53.6 Å². The molecule has 4 aromatic rings. The predicted octanol–water partition coefficient (Wildman–Crippen LogP) is 6.14. The number of hydrogen-bond acceptors (Lipinski definition) is 8. The molecule has 0 unspecified atom stereocenters. The second kappa shape index (κ2) is 13.9. The third kappa shape index (κ3) is 6.97. The van der Waals surface area contributed by atoms with Crippen molar-refractivity contribution >= 4 is 40.2 Å². The predicted molar refractivity (Wildman–Crippen MR) is 192 cm³/mol. The summed E-state index contributed by atoms with van der Waals surface area (Å²) in [5.41, 5.74) is 4.57. The fourth-order valence-electron chi connectivity index (χ4n) is 7.10. The van der Waals surface area contributed by atoms with Crippen LogP contribution in [-0.2, 0) is 19.1 Å². The Hall–Kier alpha value is -4.74. The van der Waals surface area contributed by atoms with E-state index in [2.05, 4.69) is 28.6 Å². The van der Waals surface area contributed by atoms with Gasteiger partial charge in [0.1, 0.15) is 11.4 Å². The molecule has 2 amide bonds. The fourth-order valence-corrected chi connectivity index (χ4v) is 7.10. The first-order valence-corrected chi connectivity index (χ1v) is 17.5. The zero-order valence-electron chi connectivity index (χ0n) is 29.2. The number of aromatic nitrogens is 2. The summed E-state index contributed by atoms with van der Waals surface area (Å²) in [5, 5.41) is 8.63. The van der Waals surface area contributed by atoms with E-state index in [1.807, 2.05) is 68.1 Å². The zero-order chi connectivity index (χ0) is 35.0. The van der Waals surface area contributed by atoms with Crippen LogP contribution in [0.3, 0.4) is 0 Å². The fraction of sp³-hybridized carbons (Fsp3) is 0.436. The Labute approximate surface area is 292 Å². The van der Waals surface area contributed by atoms with Crippen LogP contribution < -0.4 is 19.9 Å². The van der Waals surface area contributed by atoms with Gasteiger partial charge in [-0.2, -0.15) is 9.78 Å². The minimum atomic E-state index is -0.642. The summed E-state index contributed by atoms with van der Waals surface area (Å²) in [5.74, 6) is 0.374. The molecule has 50 heavy (non-hydrogen) atoms. The first-order chi connectivity index (χ1) is 24.1. The Bertz CT molecular complexity index is 1910. The van der Waals surface area contributed by atoms with Gasteiger partial charge >= 0.3 is 6.09 Å². The van der Waals surface area contributed by atoms with E-state index >= 15 is 0 Å². The van der Waals surface area contributed by atoms with Crippen molar-refractivity contribution in [3.05, 3.63) is 72.4 Å². The maximum absolute atomic E-state index is 14.7. The first-order valence-electron chi connectivity index (χ1n) is 17.5. The normalized spacial score (nSPS) is 19.2. The van der Waals surface area contributed by atoms with Crippen LogP contribution in [0.1, 0.15) is 57.9 Å². The summed E-state index contributed by atoms with van der Waals surface area (Å²) in [6.07, 6.45) is 4.56. The number of piperidine rings is 1. The maximum Gasteiger partial charge on any atom is 0.435 e. The topological polar surface area (TPSA) is 115 Å². The molecule has 262 valence electrons. The number of fused-ring (bicyclic) bond motifs is 2. The van der Waals surface area contributed by atoms with E-state index in [1.165, 1.54) is 4.68 Å². The molecule has 2 fully saturated rings. The van der Waals surface area contributed by atoms with Crippen molar-refractivity contribution in [3.8, 4) is 16.9 Å². The SMILES string of the molecule is COCCCN1C(=O)COc2ccc(N(C(=O)[C@H]3CNCC[C@@H]3c3cccc(-c4ccc5cnn(C(=O)OC(C)(C)C)c5c4)c3)C3CC3)cc21. The van der Waals surface area contributed by atoms with E-state index in [4.69, 9.17) is 14.2 Å². The summed E-state index contributed by atoms with van der Waals surface area (Å²) in [4.78, 5) is 44.2. The third-order valence-corrected chi connectivity index (χ3v) is 9.63. The van der Waals surface area contributed by atoms with Crippen LogP contribution in [0.2, 0.25) is 0 Å². The molecule has 2 atom stereocenters. The first kappa shape index (κ1) is 33.7. The highest BCUT2D eigenvalue weighted by Crippen LogP contribution is 2.42. The van der Waals surface area contributed by atoms with Gasteiger partial charge in [-0.15, -0.1) is 0 Å². The maximum atomic E-state index is 14.7. The second-order valence-electron chi connectivity index (χ2n) is 14.4. The summed E-state index contributed by atoms with van der Waals surface area (Å²) >= 11 is 0. The van der Waals surface area contributed by atoms with Gasteiger partial charge in [-0.3, -0.25) is 9.59 Å². The molecule has 1 N–H and O–H groups in total. The van der Waals surface area contributed by atoms with Crippen LogP contribution in [0.5, 0.6) is 5.75 Å². The number of nitrogens with zero attached hydrogens (tertiary/aromatic N) is 4. The largest absolute Gasteiger partial charge is 0.482 e. The lowest BCUT2D eigenvalue weighted by Crippen LogP contribution is -2.47. The van der Waals surface area contributed by atoms with Gasteiger partial charge in [0, 0.05) is 43.9 Å². The standard InChI is InChI=1S/C39H45N5O6/c1-39(2,3)50-38(47)44-33-20-26(9-10-28(33)22-41-44)25-7-5-8-27(19-25)31-15-16-40-23-32(31)37(46)43(29-11-12-29)30-13-14-35-34(21-30)42(17-6-18-48-4)36(45)24-49-35/h5,7-10,13-14,19-22,29,31-32,40H,6,11-12,15-18,23-24H2,1-4H3/t31-,32+/m1/s1. The lowest BCUT2D eigenvalue weighted by Gasteiger charge is -2.36. The van der Waals surface area contributed by atoms with Crippen LogP contribution in [0, 0.1) is 5.92 Å². The van der Waals surface area contributed by atoms with Crippen LogP contribution in [-0.4, -0.2) is 79.3 Å². The van der Waals surface area contributed by atoms with Crippen LogP contribution >= 0.6 is 0 Å². The highest BCUT2D eigenvalue weighted by atomic mass is 16.6. The number of ether oxygens (including phenoxy) is 3. The van der Waals surface area contributed by atoms with Crippen molar-refractivity contribution < 1.29 is 28.6 Å². The monoisotopic (exact) mass is 679 g/mol. The van der Waals surface area contributed by atoms with E-state index in [9.17, 15) is 14.4 Å². The summed E-state index contributed by atoms with van der Waals surface area (Å²) in [7, 11) is 1.65. The van der Waals surface area contributed by atoms with Crippen LogP contribution in [0.25, 0.3) is 22.0 Å². The Balaban J connectivity index is 1.17. The number of methoxy groups -OCH3 is 1. The highest BCUT2D eigenvalue weighted by Gasteiger charge is 2.41. The number of nitrogens with one attached hydrogen (secondary N) is 1. The lowest BCUT2D eigenvalue weighted by atomic mass is 9.79. The molecule has 1 aromatic heterocycles. The Kier molecular flexibility index (Phi) is 9.36. The number of rotatable bonds is 9. The molecule has 0 spiro atoms. The number of benzene rings is 3. The van der Waals surface area contributed by atoms with Crippen molar-refractivity contribution in [1.29, 1.82) is 0 Å².